The largest absolute Gasteiger partial charge is 0.481 e. The van der Waals surface area contributed by atoms with E-state index in [1.807, 2.05) is 0 Å². The number of ether oxygens (including phenoxy) is 3. The van der Waals surface area contributed by atoms with E-state index in [-0.39, 0.29) is 18.1 Å². The van der Waals surface area contributed by atoms with Crippen LogP contribution in [0.3, 0.4) is 0 Å². The summed E-state index contributed by atoms with van der Waals surface area (Å²) in [6.45, 7) is 1.22. The van der Waals surface area contributed by atoms with E-state index in [1.54, 1.807) is 31.2 Å². The Morgan fingerprint density at radius 3 is 2.62 bits per heavy atom. The fourth-order valence-corrected chi connectivity index (χ4v) is 2.87. The Morgan fingerprint density at radius 1 is 1.19 bits per heavy atom. The monoisotopic (exact) mass is 379 g/mol. The van der Waals surface area contributed by atoms with Crippen LogP contribution in [0.15, 0.2) is 29.2 Å². The van der Waals surface area contributed by atoms with E-state index in [4.69, 9.17) is 9.47 Å². The fraction of sp³-hybridized carbons (Fsp3) is 0.294. The molecule has 2 rings (SSSR count). The first kappa shape index (κ1) is 19.5. The smallest absolute Gasteiger partial charge is 0.344 e. The molecule has 1 aliphatic rings. The third-order valence-electron chi connectivity index (χ3n) is 3.24. The number of thioether (sulfide) groups is 1. The standard InChI is InChI=1S/C17H17NO7S/c1-3-24-15(20)10-25-12-7-5-4-6-11(12)8-13-16(21)18(17(22)26-13)9-14(19)23-2/h4-8H,3,9-10H2,1-2H3/b13-8-. The van der Waals surface area contributed by atoms with Gasteiger partial charge in [-0.2, -0.15) is 0 Å². The van der Waals surface area contributed by atoms with E-state index in [1.165, 1.54) is 13.2 Å². The first-order valence-electron chi connectivity index (χ1n) is 7.66. The van der Waals surface area contributed by atoms with Crippen LogP contribution in [0.25, 0.3) is 6.08 Å². The fourth-order valence-electron chi connectivity index (χ4n) is 2.04. The lowest BCUT2D eigenvalue weighted by molar-refractivity contribution is -0.145. The molecule has 0 aromatic heterocycles. The van der Waals surface area contributed by atoms with Gasteiger partial charge in [0.1, 0.15) is 12.3 Å². The molecule has 2 amide bonds. The van der Waals surface area contributed by atoms with Gasteiger partial charge in [-0.15, -0.1) is 0 Å². The number of hydrogen-bond acceptors (Lipinski definition) is 8. The number of esters is 2. The summed E-state index contributed by atoms with van der Waals surface area (Å²) in [7, 11) is 1.17. The molecule has 1 aromatic carbocycles. The lowest BCUT2D eigenvalue weighted by Crippen LogP contribution is -2.34. The summed E-state index contributed by atoms with van der Waals surface area (Å²) in [6.07, 6.45) is 1.47. The average molecular weight is 379 g/mol. The molecule has 1 heterocycles. The van der Waals surface area contributed by atoms with Crippen LogP contribution in [0.5, 0.6) is 5.75 Å². The maximum Gasteiger partial charge on any atom is 0.344 e. The van der Waals surface area contributed by atoms with Gasteiger partial charge < -0.3 is 14.2 Å². The van der Waals surface area contributed by atoms with Crippen molar-refractivity contribution in [3.05, 3.63) is 34.7 Å². The van der Waals surface area contributed by atoms with Gasteiger partial charge in [-0.05, 0) is 30.8 Å². The SMILES string of the molecule is CCOC(=O)COc1ccccc1/C=C1\SC(=O)N(CC(=O)OC)C1=O. The summed E-state index contributed by atoms with van der Waals surface area (Å²) in [6, 6.07) is 6.74. The quantitative estimate of drug-likeness (QED) is 0.523. The molecule has 1 saturated heterocycles. The molecular weight excluding hydrogens is 362 g/mol. The molecule has 1 fully saturated rings. The van der Waals surface area contributed by atoms with E-state index in [2.05, 4.69) is 4.74 Å². The van der Waals surface area contributed by atoms with Gasteiger partial charge in [0.05, 0.1) is 18.6 Å². The third-order valence-corrected chi connectivity index (χ3v) is 4.15. The highest BCUT2D eigenvalue weighted by atomic mass is 32.2. The van der Waals surface area contributed by atoms with Gasteiger partial charge >= 0.3 is 11.9 Å². The van der Waals surface area contributed by atoms with Crippen LogP contribution in [0.1, 0.15) is 12.5 Å². The summed E-state index contributed by atoms with van der Waals surface area (Å²) in [4.78, 5) is 48.0. The Hall–Kier alpha value is -2.81. The van der Waals surface area contributed by atoms with Gasteiger partial charge in [0.15, 0.2) is 6.61 Å². The number of rotatable bonds is 7. The number of nitrogens with zero attached hydrogens (tertiary/aromatic N) is 1. The maximum absolute atomic E-state index is 12.3. The van der Waals surface area contributed by atoms with Gasteiger partial charge in [0.2, 0.25) is 0 Å². The molecule has 9 heteroatoms. The highest BCUT2D eigenvalue weighted by Crippen LogP contribution is 2.33. The minimum Gasteiger partial charge on any atom is -0.481 e. The predicted molar refractivity (Wildman–Crippen MR) is 93.3 cm³/mol. The van der Waals surface area contributed by atoms with Crippen LogP contribution in [-0.4, -0.2) is 54.9 Å². The van der Waals surface area contributed by atoms with Crippen LogP contribution >= 0.6 is 11.8 Å². The number of amides is 2. The number of methoxy groups -OCH3 is 1. The third kappa shape index (κ3) is 4.85. The number of benzene rings is 1. The molecule has 0 radical (unpaired) electrons. The highest BCUT2D eigenvalue weighted by molar-refractivity contribution is 8.18. The van der Waals surface area contributed by atoms with E-state index >= 15 is 0 Å². The Bertz CT molecular complexity index is 759. The van der Waals surface area contributed by atoms with Gasteiger partial charge in [0.25, 0.3) is 11.1 Å². The summed E-state index contributed by atoms with van der Waals surface area (Å²) >= 11 is 0.714. The number of hydrogen-bond donors (Lipinski definition) is 0. The summed E-state index contributed by atoms with van der Waals surface area (Å²) in [5, 5.41) is -0.559. The van der Waals surface area contributed by atoms with Crippen molar-refractivity contribution in [2.45, 2.75) is 6.92 Å². The minimum atomic E-state index is -0.688. The molecule has 0 spiro atoms. The summed E-state index contributed by atoms with van der Waals surface area (Å²) in [5.74, 6) is -1.43. The van der Waals surface area contributed by atoms with E-state index < -0.39 is 29.6 Å². The van der Waals surface area contributed by atoms with E-state index in [9.17, 15) is 19.2 Å². The van der Waals surface area contributed by atoms with E-state index in [0.717, 1.165) is 4.90 Å². The average Bonchev–Trinajstić information content (AvgIpc) is 2.88. The van der Waals surface area contributed by atoms with Crippen LogP contribution in [-0.2, 0) is 23.9 Å². The second-order valence-corrected chi connectivity index (χ2v) is 5.97. The number of carbonyl (C=O) groups is 4. The topological polar surface area (TPSA) is 99.2 Å². The first-order chi connectivity index (χ1) is 12.5. The van der Waals surface area contributed by atoms with Crippen LogP contribution in [0, 0.1) is 0 Å². The lowest BCUT2D eigenvalue weighted by Gasteiger charge is -2.10. The van der Waals surface area contributed by atoms with Crippen molar-refractivity contribution in [1.29, 1.82) is 0 Å². The molecule has 1 aliphatic heterocycles. The molecule has 0 saturated carbocycles. The molecule has 0 atom stereocenters. The van der Waals surface area contributed by atoms with Crippen molar-refractivity contribution in [1.82, 2.24) is 4.90 Å². The Kier molecular flexibility index (Phi) is 6.79. The van der Waals surface area contributed by atoms with Crippen LogP contribution < -0.4 is 4.74 Å². The highest BCUT2D eigenvalue weighted by Gasteiger charge is 2.36. The summed E-state index contributed by atoms with van der Waals surface area (Å²) in [5.41, 5.74) is 0.514. The lowest BCUT2D eigenvalue weighted by atomic mass is 10.2. The maximum atomic E-state index is 12.3. The number of carbonyl (C=O) groups excluding carboxylic acids is 4. The van der Waals surface area contributed by atoms with Gasteiger partial charge in [-0.1, -0.05) is 18.2 Å². The Labute approximate surface area is 154 Å². The zero-order chi connectivity index (χ0) is 19.1. The second kappa shape index (κ2) is 9.04. The van der Waals surface area contributed by atoms with E-state index in [0.29, 0.717) is 23.1 Å². The van der Waals surface area contributed by atoms with Gasteiger partial charge in [-0.25, -0.2) is 4.79 Å². The zero-order valence-corrected chi connectivity index (χ0v) is 15.0. The summed E-state index contributed by atoms with van der Waals surface area (Å²) < 4.78 is 14.7. The first-order valence-corrected chi connectivity index (χ1v) is 8.47. The molecule has 26 heavy (non-hydrogen) atoms. The van der Waals surface area contributed by atoms with Crippen LogP contribution in [0.2, 0.25) is 0 Å². The van der Waals surface area contributed by atoms with Crippen molar-refractivity contribution in [3.63, 3.8) is 0 Å². The van der Waals surface area contributed by atoms with Gasteiger partial charge in [-0.3, -0.25) is 19.3 Å². The predicted octanol–water partition coefficient (Wildman–Crippen LogP) is 1.84. The minimum absolute atomic E-state index is 0.145. The van der Waals surface area contributed by atoms with Gasteiger partial charge in [0, 0.05) is 5.56 Å². The molecule has 138 valence electrons. The molecule has 1 aromatic rings. The molecule has 8 nitrogen and oxygen atoms in total. The normalized spacial score (nSPS) is 15.3. The van der Waals surface area contributed by atoms with Crippen molar-refractivity contribution in [3.8, 4) is 5.75 Å². The zero-order valence-electron chi connectivity index (χ0n) is 14.2. The van der Waals surface area contributed by atoms with Crippen LogP contribution in [0.4, 0.5) is 4.79 Å². The molecule has 0 unspecified atom stereocenters. The Balaban J connectivity index is 2.17. The van der Waals surface area contributed by atoms with Crippen molar-refractivity contribution in [2.24, 2.45) is 0 Å². The van der Waals surface area contributed by atoms with Crippen molar-refractivity contribution >= 4 is 40.9 Å². The number of imide groups is 1. The molecule has 0 bridgehead atoms. The Morgan fingerprint density at radius 2 is 1.92 bits per heavy atom. The van der Waals surface area contributed by atoms with Crippen molar-refractivity contribution < 1.29 is 33.4 Å². The molecule has 0 aliphatic carbocycles. The number of para-hydroxylation sites is 1. The molecular formula is C17H17NO7S. The van der Waals surface area contributed by atoms with Crippen molar-refractivity contribution in [2.75, 3.05) is 26.9 Å². The second-order valence-electron chi connectivity index (χ2n) is 4.98. The molecule has 0 N–H and O–H groups in total.